The molecule has 0 saturated heterocycles. The Hall–Kier alpha value is -0.460. The van der Waals surface area contributed by atoms with E-state index in [0.29, 0.717) is 22.9 Å². The summed E-state index contributed by atoms with van der Waals surface area (Å²) in [6.45, 7) is 0. The van der Waals surface area contributed by atoms with Crippen molar-refractivity contribution in [2.45, 2.75) is 37.0 Å². The van der Waals surface area contributed by atoms with Crippen LogP contribution in [0.1, 0.15) is 37.4 Å². The fourth-order valence-electron chi connectivity index (χ4n) is 2.83. The Kier molecular flexibility index (Phi) is 4.87. The van der Waals surface area contributed by atoms with Gasteiger partial charge in [-0.2, -0.15) is 0 Å². The van der Waals surface area contributed by atoms with Crippen LogP contribution in [0.3, 0.4) is 0 Å². The molecular weight excluding hydrogens is 347 g/mol. The lowest BCUT2D eigenvalue weighted by Gasteiger charge is -2.31. The molecule has 1 N–H and O–H groups in total. The van der Waals surface area contributed by atoms with Gasteiger partial charge in [-0.3, -0.25) is 0 Å². The van der Waals surface area contributed by atoms with Crippen LogP contribution in [0.25, 0.3) is 0 Å². The van der Waals surface area contributed by atoms with Crippen molar-refractivity contribution < 1.29 is 17.9 Å². The van der Waals surface area contributed by atoms with Crippen molar-refractivity contribution in [2.75, 3.05) is 6.26 Å². The molecule has 112 valence electrons. The summed E-state index contributed by atoms with van der Waals surface area (Å²) in [6.07, 6.45) is 3.06. The Labute approximate surface area is 127 Å². The SMILES string of the molecule is CS(=O)(=O)C1CCCC(C(O)c2ccc(Br)c(F)c2)C1. The number of hydrogen-bond acceptors (Lipinski definition) is 3. The number of hydrogen-bond donors (Lipinski definition) is 1. The van der Waals surface area contributed by atoms with Crippen molar-refractivity contribution in [3.05, 3.63) is 34.1 Å². The molecule has 0 aliphatic heterocycles. The molecular formula is C14H18BrFO3S. The zero-order valence-corrected chi connectivity index (χ0v) is 13.6. The second kappa shape index (κ2) is 6.12. The lowest BCUT2D eigenvalue weighted by molar-refractivity contribution is 0.0854. The summed E-state index contributed by atoms with van der Waals surface area (Å²) in [5.41, 5.74) is 0.504. The highest BCUT2D eigenvalue weighted by molar-refractivity contribution is 9.10. The van der Waals surface area contributed by atoms with Gasteiger partial charge in [0, 0.05) is 6.26 Å². The highest BCUT2D eigenvalue weighted by atomic mass is 79.9. The first-order valence-electron chi connectivity index (χ1n) is 6.61. The molecule has 1 aromatic carbocycles. The van der Waals surface area contributed by atoms with Crippen LogP contribution in [0.15, 0.2) is 22.7 Å². The summed E-state index contributed by atoms with van der Waals surface area (Å²) in [7, 11) is -3.08. The average Bonchev–Trinajstić information content (AvgIpc) is 2.40. The fraction of sp³-hybridized carbons (Fsp3) is 0.571. The van der Waals surface area contributed by atoms with Crippen molar-refractivity contribution in [3.8, 4) is 0 Å². The summed E-state index contributed by atoms with van der Waals surface area (Å²) in [6, 6.07) is 4.53. The minimum absolute atomic E-state index is 0.135. The minimum Gasteiger partial charge on any atom is -0.388 e. The summed E-state index contributed by atoms with van der Waals surface area (Å²) < 4.78 is 37.2. The van der Waals surface area contributed by atoms with Gasteiger partial charge < -0.3 is 5.11 Å². The highest BCUT2D eigenvalue weighted by Gasteiger charge is 2.33. The molecule has 6 heteroatoms. The third kappa shape index (κ3) is 3.59. The number of rotatable bonds is 3. The van der Waals surface area contributed by atoms with Crippen LogP contribution in [-0.4, -0.2) is 25.0 Å². The van der Waals surface area contributed by atoms with E-state index in [4.69, 9.17) is 0 Å². The molecule has 2 rings (SSSR count). The van der Waals surface area contributed by atoms with Crippen molar-refractivity contribution in [1.29, 1.82) is 0 Å². The number of benzene rings is 1. The van der Waals surface area contributed by atoms with E-state index in [2.05, 4.69) is 15.9 Å². The normalized spacial score (nSPS) is 25.4. The molecule has 1 aliphatic rings. The maximum atomic E-state index is 13.5. The second-order valence-electron chi connectivity index (χ2n) is 5.50. The molecule has 0 amide bonds. The van der Waals surface area contributed by atoms with Gasteiger partial charge in [0.25, 0.3) is 0 Å². The third-order valence-corrected chi connectivity index (χ3v) is 6.29. The van der Waals surface area contributed by atoms with Crippen LogP contribution in [0, 0.1) is 11.7 Å². The van der Waals surface area contributed by atoms with Gasteiger partial charge in [-0.1, -0.05) is 12.5 Å². The Balaban J connectivity index is 2.16. The van der Waals surface area contributed by atoms with Gasteiger partial charge in [0.05, 0.1) is 15.8 Å². The first-order valence-corrected chi connectivity index (χ1v) is 9.35. The molecule has 20 heavy (non-hydrogen) atoms. The molecule has 3 atom stereocenters. The van der Waals surface area contributed by atoms with Crippen molar-refractivity contribution >= 4 is 25.8 Å². The molecule has 0 aromatic heterocycles. The zero-order chi connectivity index (χ0) is 14.9. The van der Waals surface area contributed by atoms with E-state index in [1.54, 1.807) is 12.1 Å². The number of sulfone groups is 1. The van der Waals surface area contributed by atoms with Gasteiger partial charge in [-0.15, -0.1) is 0 Å². The molecule has 0 bridgehead atoms. The first kappa shape index (κ1) is 15.9. The van der Waals surface area contributed by atoms with Crippen LogP contribution in [0.2, 0.25) is 0 Å². The molecule has 0 heterocycles. The monoisotopic (exact) mass is 364 g/mol. The van der Waals surface area contributed by atoms with Gasteiger partial charge in [-0.25, -0.2) is 12.8 Å². The molecule has 1 fully saturated rings. The van der Waals surface area contributed by atoms with E-state index in [9.17, 15) is 17.9 Å². The van der Waals surface area contributed by atoms with Gasteiger partial charge in [0.2, 0.25) is 0 Å². The Morgan fingerprint density at radius 2 is 2.10 bits per heavy atom. The first-order chi connectivity index (χ1) is 9.29. The predicted octanol–water partition coefficient (Wildman–Crippen LogP) is 3.23. The summed E-state index contributed by atoms with van der Waals surface area (Å²) in [4.78, 5) is 0. The van der Waals surface area contributed by atoms with Crippen LogP contribution in [0.5, 0.6) is 0 Å². The second-order valence-corrected chi connectivity index (χ2v) is 8.68. The molecule has 1 saturated carbocycles. The van der Waals surface area contributed by atoms with E-state index >= 15 is 0 Å². The molecule has 1 aromatic rings. The number of aliphatic hydroxyl groups excluding tert-OH is 1. The van der Waals surface area contributed by atoms with E-state index < -0.39 is 27.0 Å². The van der Waals surface area contributed by atoms with Crippen LogP contribution in [0.4, 0.5) is 4.39 Å². The lowest BCUT2D eigenvalue weighted by atomic mass is 9.82. The van der Waals surface area contributed by atoms with Gasteiger partial charge in [0.1, 0.15) is 15.7 Å². The van der Waals surface area contributed by atoms with E-state index in [1.807, 2.05) is 0 Å². The minimum atomic E-state index is -3.08. The molecule has 1 aliphatic carbocycles. The lowest BCUT2D eigenvalue weighted by Crippen LogP contribution is -2.30. The van der Waals surface area contributed by atoms with E-state index in [0.717, 1.165) is 12.8 Å². The fourth-order valence-corrected chi connectivity index (χ4v) is 4.26. The largest absolute Gasteiger partial charge is 0.388 e. The molecule has 0 spiro atoms. The standard InChI is InChI=1S/C14H18BrFO3S/c1-20(18,19)11-4-2-3-9(7-11)14(17)10-5-6-12(15)13(16)8-10/h5-6,8-9,11,14,17H,2-4,7H2,1H3. The third-order valence-electron chi connectivity index (χ3n) is 4.00. The van der Waals surface area contributed by atoms with Gasteiger partial charge >= 0.3 is 0 Å². The Morgan fingerprint density at radius 3 is 2.70 bits per heavy atom. The average molecular weight is 365 g/mol. The van der Waals surface area contributed by atoms with Crippen LogP contribution < -0.4 is 0 Å². The predicted molar refractivity (Wildman–Crippen MR) is 79.6 cm³/mol. The highest BCUT2D eigenvalue weighted by Crippen LogP contribution is 2.37. The topological polar surface area (TPSA) is 54.4 Å². The van der Waals surface area contributed by atoms with Crippen LogP contribution >= 0.6 is 15.9 Å². The molecule has 0 radical (unpaired) electrons. The van der Waals surface area contributed by atoms with Crippen molar-refractivity contribution in [3.63, 3.8) is 0 Å². The van der Waals surface area contributed by atoms with E-state index in [-0.39, 0.29) is 5.92 Å². The summed E-state index contributed by atoms with van der Waals surface area (Å²) in [5.74, 6) is -0.555. The summed E-state index contributed by atoms with van der Waals surface area (Å²) in [5, 5.41) is 9.97. The van der Waals surface area contributed by atoms with Gasteiger partial charge in [0.15, 0.2) is 0 Å². The van der Waals surface area contributed by atoms with E-state index in [1.165, 1.54) is 12.3 Å². The van der Waals surface area contributed by atoms with Crippen molar-refractivity contribution in [1.82, 2.24) is 0 Å². The quantitative estimate of drug-likeness (QED) is 0.895. The van der Waals surface area contributed by atoms with Crippen molar-refractivity contribution in [2.24, 2.45) is 5.92 Å². The van der Waals surface area contributed by atoms with Crippen LogP contribution in [-0.2, 0) is 9.84 Å². The Bertz CT molecular complexity index is 588. The zero-order valence-electron chi connectivity index (χ0n) is 11.2. The Morgan fingerprint density at radius 1 is 1.40 bits per heavy atom. The maximum Gasteiger partial charge on any atom is 0.150 e. The number of halogens is 2. The maximum absolute atomic E-state index is 13.5. The summed E-state index contributed by atoms with van der Waals surface area (Å²) >= 11 is 3.07. The number of aliphatic hydroxyl groups is 1. The van der Waals surface area contributed by atoms with Gasteiger partial charge in [-0.05, 0) is 58.8 Å². The molecule has 3 unspecified atom stereocenters. The molecule has 3 nitrogen and oxygen atoms in total. The smallest absolute Gasteiger partial charge is 0.150 e.